The van der Waals surface area contributed by atoms with Gasteiger partial charge >= 0.3 is 0 Å². The van der Waals surface area contributed by atoms with Gasteiger partial charge in [-0.1, -0.05) is 19.8 Å². The van der Waals surface area contributed by atoms with E-state index < -0.39 is 10.2 Å². The Kier molecular flexibility index (Phi) is 5.74. The van der Waals surface area contributed by atoms with Gasteiger partial charge in [-0.15, -0.1) is 11.6 Å². The number of rotatable bonds is 4. The molecule has 1 saturated carbocycles. The van der Waals surface area contributed by atoms with E-state index >= 15 is 0 Å². The summed E-state index contributed by atoms with van der Waals surface area (Å²) in [6.45, 7) is 3.39. The van der Waals surface area contributed by atoms with E-state index in [1.165, 1.54) is 6.42 Å². The first-order valence-corrected chi connectivity index (χ1v) is 9.69. The predicted octanol–water partition coefficient (Wildman–Crippen LogP) is 2.69. The van der Waals surface area contributed by atoms with Gasteiger partial charge in [0.2, 0.25) is 0 Å². The minimum atomic E-state index is -3.33. The van der Waals surface area contributed by atoms with Crippen LogP contribution in [-0.4, -0.2) is 49.1 Å². The van der Waals surface area contributed by atoms with Crippen LogP contribution in [0.15, 0.2) is 0 Å². The van der Waals surface area contributed by atoms with Gasteiger partial charge in [0, 0.05) is 32.1 Å². The number of halogens is 1. The van der Waals surface area contributed by atoms with E-state index in [4.69, 9.17) is 11.6 Å². The third-order valence-electron chi connectivity index (χ3n) is 4.92. The second-order valence-electron chi connectivity index (χ2n) is 6.37. The summed E-state index contributed by atoms with van der Waals surface area (Å²) in [7, 11) is -1.57. The maximum Gasteiger partial charge on any atom is 0.281 e. The highest BCUT2D eigenvalue weighted by atomic mass is 35.5. The average Bonchev–Trinajstić information content (AvgIpc) is 2.47. The van der Waals surface area contributed by atoms with Gasteiger partial charge < -0.3 is 0 Å². The summed E-state index contributed by atoms with van der Waals surface area (Å²) in [6, 6.07) is 0.158. The van der Waals surface area contributed by atoms with Crippen LogP contribution >= 0.6 is 11.6 Å². The Balaban J connectivity index is 2.08. The largest absolute Gasteiger partial charge is 0.281 e. The fourth-order valence-electron chi connectivity index (χ4n) is 3.55. The lowest BCUT2D eigenvalue weighted by Crippen LogP contribution is -2.52. The summed E-state index contributed by atoms with van der Waals surface area (Å²) < 4.78 is 28.9. The maximum atomic E-state index is 12.8. The Hall–Kier alpha value is 0.160. The molecule has 1 saturated heterocycles. The zero-order valence-electron chi connectivity index (χ0n) is 12.6. The summed E-state index contributed by atoms with van der Waals surface area (Å²) in [5.74, 6) is 1.31. The number of hydrogen-bond acceptors (Lipinski definition) is 2. The first kappa shape index (κ1) is 16.5. The Morgan fingerprint density at radius 2 is 1.90 bits per heavy atom. The molecule has 2 aliphatic rings. The van der Waals surface area contributed by atoms with E-state index in [9.17, 15) is 8.42 Å². The molecule has 6 heteroatoms. The SMILES string of the molecule is CC1CCCCC1N(C)S(=O)(=O)N1CCCC(CCl)C1. The first-order chi connectivity index (χ1) is 9.46. The van der Waals surface area contributed by atoms with E-state index in [1.54, 1.807) is 15.7 Å². The van der Waals surface area contributed by atoms with Crippen molar-refractivity contribution < 1.29 is 8.42 Å². The summed E-state index contributed by atoms with van der Waals surface area (Å²) in [5, 5.41) is 0. The van der Waals surface area contributed by atoms with Gasteiger partial charge in [-0.2, -0.15) is 17.0 Å². The van der Waals surface area contributed by atoms with E-state index in [0.29, 0.717) is 30.8 Å². The molecule has 118 valence electrons. The molecule has 2 rings (SSSR count). The first-order valence-electron chi connectivity index (χ1n) is 7.76. The lowest BCUT2D eigenvalue weighted by Gasteiger charge is -2.40. The predicted molar refractivity (Wildman–Crippen MR) is 83.1 cm³/mol. The van der Waals surface area contributed by atoms with Crippen LogP contribution in [0.2, 0.25) is 0 Å². The monoisotopic (exact) mass is 322 g/mol. The Labute approximate surface area is 128 Å². The highest BCUT2D eigenvalue weighted by molar-refractivity contribution is 7.86. The fraction of sp³-hybridized carbons (Fsp3) is 1.00. The van der Waals surface area contributed by atoms with Crippen molar-refractivity contribution in [3.8, 4) is 0 Å². The van der Waals surface area contributed by atoms with Crippen LogP contribution in [0.25, 0.3) is 0 Å². The normalized spacial score (nSPS) is 33.5. The van der Waals surface area contributed by atoms with Crippen LogP contribution < -0.4 is 0 Å². The van der Waals surface area contributed by atoms with Crippen LogP contribution in [0.4, 0.5) is 0 Å². The van der Waals surface area contributed by atoms with Crippen molar-refractivity contribution in [3.63, 3.8) is 0 Å². The van der Waals surface area contributed by atoms with E-state index in [0.717, 1.165) is 32.1 Å². The molecular formula is C14H27ClN2O2S. The van der Waals surface area contributed by atoms with Gasteiger partial charge in [-0.25, -0.2) is 0 Å². The molecule has 1 aliphatic heterocycles. The van der Waals surface area contributed by atoms with E-state index in [2.05, 4.69) is 6.92 Å². The smallest absolute Gasteiger partial charge is 0.195 e. The Morgan fingerprint density at radius 1 is 1.20 bits per heavy atom. The summed E-state index contributed by atoms with van der Waals surface area (Å²) >= 11 is 5.91. The third kappa shape index (κ3) is 3.49. The van der Waals surface area contributed by atoms with Crippen LogP contribution in [0.1, 0.15) is 45.4 Å². The Morgan fingerprint density at radius 3 is 2.55 bits per heavy atom. The number of hydrogen-bond donors (Lipinski definition) is 0. The molecule has 4 nitrogen and oxygen atoms in total. The number of nitrogens with zero attached hydrogens (tertiary/aromatic N) is 2. The average molecular weight is 323 g/mol. The minimum absolute atomic E-state index is 0.158. The molecule has 20 heavy (non-hydrogen) atoms. The van der Waals surface area contributed by atoms with Gasteiger partial charge in [0.1, 0.15) is 0 Å². The zero-order valence-corrected chi connectivity index (χ0v) is 14.2. The topological polar surface area (TPSA) is 40.6 Å². The van der Waals surface area contributed by atoms with E-state index in [-0.39, 0.29) is 6.04 Å². The van der Waals surface area contributed by atoms with Crippen molar-refractivity contribution in [2.24, 2.45) is 11.8 Å². The molecule has 0 spiro atoms. The molecule has 2 fully saturated rings. The second-order valence-corrected chi connectivity index (χ2v) is 8.67. The molecule has 0 amide bonds. The maximum absolute atomic E-state index is 12.8. The summed E-state index contributed by atoms with van der Waals surface area (Å²) in [4.78, 5) is 0. The van der Waals surface area contributed by atoms with Crippen molar-refractivity contribution in [2.45, 2.75) is 51.5 Å². The molecule has 1 aliphatic carbocycles. The van der Waals surface area contributed by atoms with Crippen LogP contribution in [-0.2, 0) is 10.2 Å². The molecule has 0 aromatic carbocycles. The molecule has 0 aromatic rings. The number of piperidine rings is 1. The van der Waals surface area contributed by atoms with E-state index in [1.807, 2.05) is 0 Å². The molecule has 0 aromatic heterocycles. The van der Waals surface area contributed by atoms with Crippen molar-refractivity contribution in [2.75, 3.05) is 26.0 Å². The van der Waals surface area contributed by atoms with Gasteiger partial charge in [-0.05, 0) is 37.5 Å². The van der Waals surface area contributed by atoms with Crippen LogP contribution in [0.5, 0.6) is 0 Å². The molecular weight excluding hydrogens is 296 g/mol. The van der Waals surface area contributed by atoms with Crippen molar-refractivity contribution in [3.05, 3.63) is 0 Å². The summed E-state index contributed by atoms with van der Waals surface area (Å²) in [5.41, 5.74) is 0. The highest BCUT2D eigenvalue weighted by Crippen LogP contribution is 2.30. The third-order valence-corrected chi connectivity index (χ3v) is 7.34. The van der Waals surface area contributed by atoms with Crippen LogP contribution in [0, 0.1) is 11.8 Å². The van der Waals surface area contributed by atoms with Gasteiger partial charge in [0.15, 0.2) is 0 Å². The zero-order chi connectivity index (χ0) is 14.8. The molecule has 0 N–H and O–H groups in total. The molecule has 1 heterocycles. The van der Waals surface area contributed by atoms with Gasteiger partial charge in [0.25, 0.3) is 10.2 Å². The summed E-state index contributed by atoms with van der Waals surface area (Å²) in [6.07, 6.45) is 6.45. The quantitative estimate of drug-likeness (QED) is 0.747. The van der Waals surface area contributed by atoms with Gasteiger partial charge in [-0.3, -0.25) is 0 Å². The van der Waals surface area contributed by atoms with Crippen molar-refractivity contribution in [1.82, 2.24) is 8.61 Å². The lowest BCUT2D eigenvalue weighted by molar-refractivity contribution is 0.192. The molecule has 3 atom stereocenters. The Bertz CT molecular complexity index is 415. The van der Waals surface area contributed by atoms with Crippen molar-refractivity contribution >= 4 is 21.8 Å². The number of alkyl halides is 1. The lowest BCUT2D eigenvalue weighted by atomic mass is 9.86. The molecule has 0 radical (unpaired) electrons. The van der Waals surface area contributed by atoms with Gasteiger partial charge in [0.05, 0.1) is 0 Å². The van der Waals surface area contributed by atoms with Crippen LogP contribution in [0.3, 0.4) is 0 Å². The standard InChI is InChI=1S/C14H27ClN2O2S/c1-12-6-3-4-8-14(12)16(2)20(18,19)17-9-5-7-13(10-15)11-17/h12-14H,3-11H2,1-2H3. The van der Waals surface area contributed by atoms with Crippen molar-refractivity contribution in [1.29, 1.82) is 0 Å². The second kappa shape index (κ2) is 6.95. The molecule has 0 bridgehead atoms. The molecule has 3 unspecified atom stereocenters. The minimum Gasteiger partial charge on any atom is -0.195 e. The highest BCUT2D eigenvalue weighted by Gasteiger charge is 2.37. The fourth-order valence-corrected chi connectivity index (χ4v) is 5.58.